The van der Waals surface area contributed by atoms with Crippen LogP contribution in [-0.4, -0.2) is 23.0 Å². The lowest BCUT2D eigenvalue weighted by molar-refractivity contribution is -0.134. The van der Waals surface area contributed by atoms with Gasteiger partial charge < -0.3 is 10.0 Å². The van der Waals surface area contributed by atoms with Gasteiger partial charge in [0.1, 0.15) is 17.5 Å². The summed E-state index contributed by atoms with van der Waals surface area (Å²) in [4.78, 5) is 13.5. The van der Waals surface area contributed by atoms with Gasteiger partial charge in [-0.25, -0.2) is 13.2 Å². The number of nitrogens with zero attached hydrogens (tertiary/aromatic N) is 1. The van der Waals surface area contributed by atoms with Gasteiger partial charge in [0, 0.05) is 12.6 Å². The highest BCUT2D eigenvalue weighted by molar-refractivity contribution is 5.77. The van der Waals surface area contributed by atoms with Gasteiger partial charge in [0.2, 0.25) is 5.91 Å². The summed E-state index contributed by atoms with van der Waals surface area (Å²) in [6, 6.07) is 7.65. The van der Waals surface area contributed by atoms with Crippen molar-refractivity contribution in [2.75, 3.05) is 7.05 Å². The van der Waals surface area contributed by atoms with Crippen molar-refractivity contribution < 1.29 is 23.1 Å². The first kappa shape index (κ1) is 18.0. The van der Waals surface area contributed by atoms with Crippen LogP contribution in [0, 0.1) is 17.5 Å². The Labute approximate surface area is 138 Å². The first-order valence-corrected chi connectivity index (χ1v) is 7.43. The molecule has 0 saturated carbocycles. The molecule has 0 aliphatic carbocycles. The van der Waals surface area contributed by atoms with E-state index in [0.717, 1.165) is 24.3 Å². The average Bonchev–Trinajstić information content (AvgIpc) is 2.55. The molecule has 1 amide bonds. The van der Waals surface area contributed by atoms with E-state index in [9.17, 15) is 23.1 Å². The summed E-state index contributed by atoms with van der Waals surface area (Å²) in [5, 5.41) is 10.1. The fraction of sp³-hybridized carbons (Fsp3) is 0.278. The summed E-state index contributed by atoms with van der Waals surface area (Å²) in [6.45, 7) is 1.56. The summed E-state index contributed by atoms with van der Waals surface area (Å²) < 4.78 is 40.3. The Morgan fingerprint density at radius 2 is 1.79 bits per heavy atom. The quantitative estimate of drug-likeness (QED) is 0.903. The molecule has 0 aliphatic rings. The molecule has 6 heteroatoms. The Morgan fingerprint density at radius 1 is 1.12 bits per heavy atom. The second-order valence-corrected chi connectivity index (χ2v) is 5.62. The number of amides is 1. The molecule has 2 aromatic carbocycles. The molecule has 2 unspecified atom stereocenters. The topological polar surface area (TPSA) is 40.5 Å². The second-order valence-electron chi connectivity index (χ2n) is 5.62. The highest BCUT2D eigenvalue weighted by Gasteiger charge is 2.23. The molecule has 2 aromatic rings. The van der Waals surface area contributed by atoms with E-state index in [-0.39, 0.29) is 17.5 Å². The van der Waals surface area contributed by atoms with E-state index < -0.39 is 35.5 Å². The zero-order chi connectivity index (χ0) is 17.9. The summed E-state index contributed by atoms with van der Waals surface area (Å²) >= 11 is 0. The van der Waals surface area contributed by atoms with Crippen LogP contribution in [0.1, 0.15) is 36.6 Å². The lowest BCUT2D eigenvalue weighted by atomic mass is 10.0. The fourth-order valence-corrected chi connectivity index (χ4v) is 2.40. The number of carbonyl (C=O) groups is 1. The second kappa shape index (κ2) is 7.49. The molecule has 3 nitrogen and oxygen atoms in total. The number of benzene rings is 2. The largest absolute Gasteiger partial charge is 0.388 e. The Hall–Kier alpha value is -2.34. The van der Waals surface area contributed by atoms with Crippen molar-refractivity contribution in [2.45, 2.75) is 25.5 Å². The van der Waals surface area contributed by atoms with E-state index in [1.165, 1.54) is 30.1 Å². The van der Waals surface area contributed by atoms with Crippen LogP contribution >= 0.6 is 0 Å². The van der Waals surface area contributed by atoms with Gasteiger partial charge >= 0.3 is 0 Å². The first-order chi connectivity index (χ1) is 11.3. The maximum atomic E-state index is 13.8. The van der Waals surface area contributed by atoms with Crippen LogP contribution < -0.4 is 0 Å². The first-order valence-electron chi connectivity index (χ1n) is 7.43. The SMILES string of the molecule is CC(c1cc(F)ccc1F)N(C)C(=O)CC(O)c1cccc(F)c1. The van der Waals surface area contributed by atoms with Gasteiger partial charge in [-0.05, 0) is 42.8 Å². The molecule has 0 aromatic heterocycles. The molecule has 128 valence electrons. The highest BCUT2D eigenvalue weighted by Crippen LogP contribution is 2.25. The van der Waals surface area contributed by atoms with E-state index in [1.54, 1.807) is 6.92 Å². The van der Waals surface area contributed by atoms with Crippen LogP contribution in [0.4, 0.5) is 13.2 Å². The molecular formula is C18H18F3NO2. The smallest absolute Gasteiger partial charge is 0.225 e. The van der Waals surface area contributed by atoms with Crippen molar-refractivity contribution in [3.05, 3.63) is 71.0 Å². The van der Waals surface area contributed by atoms with E-state index in [4.69, 9.17) is 0 Å². The summed E-state index contributed by atoms with van der Waals surface area (Å²) in [5.41, 5.74) is 0.326. The molecule has 0 aliphatic heterocycles. The fourth-order valence-electron chi connectivity index (χ4n) is 2.40. The Bertz CT molecular complexity index is 736. The molecule has 0 spiro atoms. The molecule has 0 radical (unpaired) electrons. The number of hydrogen-bond acceptors (Lipinski definition) is 2. The van der Waals surface area contributed by atoms with Crippen LogP contribution in [0.25, 0.3) is 0 Å². The van der Waals surface area contributed by atoms with Crippen molar-refractivity contribution in [3.63, 3.8) is 0 Å². The van der Waals surface area contributed by atoms with Gasteiger partial charge in [-0.15, -0.1) is 0 Å². The third kappa shape index (κ3) is 4.14. The van der Waals surface area contributed by atoms with Crippen molar-refractivity contribution in [1.29, 1.82) is 0 Å². The molecule has 24 heavy (non-hydrogen) atoms. The minimum atomic E-state index is -1.18. The van der Waals surface area contributed by atoms with Gasteiger partial charge in [0.05, 0.1) is 18.6 Å². The number of carbonyl (C=O) groups excluding carboxylic acids is 1. The van der Waals surface area contributed by atoms with Crippen LogP contribution in [0.3, 0.4) is 0 Å². The zero-order valence-electron chi connectivity index (χ0n) is 13.3. The average molecular weight is 337 g/mol. The maximum Gasteiger partial charge on any atom is 0.225 e. The van der Waals surface area contributed by atoms with Gasteiger partial charge in [-0.1, -0.05) is 12.1 Å². The summed E-state index contributed by atoms with van der Waals surface area (Å²) in [7, 11) is 1.44. The van der Waals surface area contributed by atoms with Crippen molar-refractivity contribution >= 4 is 5.91 Å². The van der Waals surface area contributed by atoms with Gasteiger partial charge in [-0.3, -0.25) is 4.79 Å². The zero-order valence-corrected chi connectivity index (χ0v) is 13.3. The lowest BCUT2D eigenvalue weighted by Crippen LogP contribution is -2.31. The Kier molecular flexibility index (Phi) is 5.62. The number of hydrogen-bond donors (Lipinski definition) is 1. The number of rotatable bonds is 5. The van der Waals surface area contributed by atoms with E-state index in [2.05, 4.69) is 0 Å². The summed E-state index contributed by atoms with van der Waals surface area (Å²) in [5.74, 6) is -2.20. The third-order valence-electron chi connectivity index (χ3n) is 3.98. The predicted octanol–water partition coefficient (Wildman–Crippen LogP) is 3.75. The van der Waals surface area contributed by atoms with Crippen LogP contribution in [0.15, 0.2) is 42.5 Å². The van der Waals surface area contributed by atoms with E-state index in [0.29, 0.717) is 0 Å². The molecule has 1 N–H and O–H groups in total. The third-order valence-corrected chi connectivity index (χ3v) is 3.98. The molecule has 2 rings (SSSR count). The monoisotopic (exact) mass is 337 g/mol. The molecular weight excluding hydrogens is 319 g/mol. The molecule has 2 atom stereocenters. The van der Waals surface area contributed by atoms with E-state index >= 15 is 0 Å². The Balaban J connectivity index is 2.10. The van der Waals surface area contributed by atoms with Crippen molar-refractivity contribution in [1.82, 2.24) is 4.90 Å². The Morgan fingerprint density at radius 3 is 2.46 bits per heavy atom. The summed E-state index contributed by atoms with van der Waals surface area (Å²) in [6.07, 6.45) is -1.47. The predicted molar refractivity (Wildman–Crippen MR) is 83.5 cm³/mol. The van der Waals surface area contributed by atoms with Gasteiger partial charge in [-0.2, -0.15) is 0 Å². The van der Waals surface area contributed by atoms with Crippen LogP contribution in [0.2, 0.25) is 0 Å². The van der Waals surface area contributed by atoms with Crippen molar-refractivity contribution in [3.8, 4) is 0 Å². The van der Waals surface area contributed by atoms with Crippen LogP contribution in [0.5, 0.6) is 0 Å². The van der Waals surface area contributed by atoms with E-state index in [1.807, 2.05) is 0 Å². The van der Waals surface area contributed by atoms with Gasteiger partial charge in [0.15, 0.2) is 0 Å². The minimum Gasteiger partial charge on any atom is -0.388 e. The lowest BCUT2D eigenvalue weighted by Gasteiger charge is -2.26. The van der Waals surface area contributed by atoms with Crippen LogP contribution in [-0.2, 0) is 4.79 Å². The van der Waals surface area contributed by atoms with Gasteiger partial charge in [0.25, 0.3) is 0 Å². The molecule has 0 fully saturated rings. The molecule has 0 saturated heterocycles. The maximum absolute atomic E-state index is 13.8. The highest BCUT2D eigenvalue weighted by atomic mass is 19.1. The molecule has 0 bridgehead atoms. The number of halogens is 3. The van der Waals surface area contributed by atoms with Crippen molar-refractivity contribution in [2.24, 2.45) is 0 Å². The molecule has 0 heterocycles. The normalized spacial score (nSPS) is 13.4. The minimum absolute atomic E-state index is 0.0473. The standard InChI is InChI=1S/C18H18F3NO2/c1-11(15-9-14(20)6-7-16(15)21)22(2)18(24)10-17(23)12-4-3-5-13(19)8-12/h3-9,11,17,23H,10H2,1-2H3. The number of aliphatic hydroxyl groups excluding tert-OH is 1. The number of aliphatic hydroxyl groups is 1.